The zero-order valence-corrected chi connectivity index (χ0v) is 5.49. The van der Waals surface area contributed by atoms with Gasteiger partial charge in [0.1, 0.15) is 0 Å². The summed E-state index contributed by atoms with van der Waals surface area (Å²) in [7, 11) is 0. The fraction of sp³-hybridized carbons (Fsp3) is 0.800. The van der Waals surface area contributed by atoms with E-state index in [1.165, 1.54) is 4.90 Å². The van der Waals surface area contributed by atoms with Crippen LogP contribution in [0.5, 0.6) is 0 Å². The number of carbonyl (C=O) groups is 1. The van der Waals surface area contributed by atoms with Gasteiger partial charge in [-0.15, -0.1) is 0 Å². The first-order valence-electron chi connectivity index (χ1n) is 3.09. The third-order valence-corrected chi connectivity index (χ3v) is 1.34. The normalized spacial score (nSPS) is 19.6. The van der Waals surface area contributed by atoms with E-state index in [0.29, 0.717) is 13.1 Å². The van der Waals surface area contributed by atoms with Gasteiger partial charge < -0.3 is 14.7 Å². The standard InChI is InChI=1S/C5H10N2O3/c6-4(8)10-5(9)7-2-1-3-7/h4,8H,1-3,6H2. The molecule has 1 amide bonds. The number of ether oxygens (including phenoxy) is 1. The van der Waals surface area contributed by atoms with Crippen molar-refractivity contribution in [3.05, 3.63) is 0 Å². The molecule has 0 aliphatic carbocycles. The molecule has 1 heterocycles. The Labute approximate surface area is 58.4 Å². The fourth-order valence-electron chi connectivity index (χ4n) is 0.677. The minimum atomic E-state index is -1.49. The molecule has 1 unspecified atom stereocenters. The number of nitrogens with zero attached hydrogens (tertiary/aromatic N) is 1. The van der Waals surface area contributed by atoms with Crippen LogP contribution in [-0.2, 0) is 4.74 Å². The molecule has 1 aliphatic rings. The number of rotatable bonds is 1. The lowest BCUT2D eigenvalue weighted by molar-refractivity contribution is -0.0640. The topological polar surface area (TPSA) is 75.8 Å². The Morgan fingerprint density at radius 2 is 2.30 bits per heavy atom. The lowest BCUT2D eigenvalue weighted by Gasteiger charge is -2.29. The lowest BCUT2D eigenvalue weighted by atomic mass is 10.2. The maximum atomic E-state index is 10.7. The molecule has 1 rings (SSSR count). The van der Waals surface area contributed by atoms with Crippen LogP contribution in [0.15, 0.2) is 0 Å². The van der Waals surface area contributed by atoms with Crippen LogP contribution < -0.4 is 5.73 Å². The van der Waals surface area contributed by atoms with Crippen LogP contribution in [0.1, 0.15) is 6.42 Å². The number of carbonyl (C=O) groups excluding carboxylic acids is 1. The van der Waals surface area contributed by atoms with E-state index in [-0.39, 0.29) is 0 Å². The zero-order chi connectivity index (χ0) is 7.56. The second kappa shape index (κ2) is 2.85. The van der Waals surface area contributed by atoms with Crippen LogP contribution in [0.25, 0.3) is 0 Å². The number of aliphatic hydroxyl groups excluding tert-OH is 1. The molecule has 58 valence electrons. The summed E-state index contributed by atoms with van der Waals surface area (Å²) in [6.45, 7) is 1.40. The molecular formula is C5H10N2O3. The molecule has 5 heteroatoms. The lowest BCUT2D eigenvalue weighted by Crippen LogP contribution is -2.44. The molecule has 0 radical (unpaired) electrons. The van der Waals surface area contributed by atoms with E-state index in [9.17, 15) is 4.79 Å². The van der Waals surface area contributed by atoms with Crippen LogP contribution in [0.3, 0.4) is 0 Å². The summed E-state index contributed by atoms with van der Waals surface area (Å²) < 4.78 is 4.27. The third-order valence-electron chi connectivity index (χ3n) is 1.34. The average molecular weight is 146 g/mol. The van der Waals surface area contributed by atoms with E-state index in [1.807, 2.05) is 0 Å². The van der Waals surface area contributed by atoms with Crippen molar-refractivity contribution < 1.29 is 14.6 Å². The van der Waals surface area contributed by atoms with Gasteiger partial charge in [-0.3, -0.25) is 5.73 Å². The number of hydrogen-bond acceptors (Lipinski definition) is 4. The predicted molar refractivity (Wildman–Crippen MR) is 32.9 cm³/mol. The second-order valence-corrected chi connectivity index (χ2v) is 2.11. The molecule has 0 bridgehead atoms. The highest BCUT2D eigenvalue weighted by Gasteiger charge is 2.22. The van der Waals surface area contributed by atoms with Gasteiger partial charge >= 0.3 is 6.09 Å². The Kier molecular flexibility index (Phi) is 2.08. The van der Waals surface area contributed by atoms with Gasteiger partial charge in [0.05, 0.1) is 0 Å². The Bertz CT molecular complexity index is 133. The van der Waals surface area contributed by atoms with E-state index in [0.717, 1.165) is 6.42 Å². The Balaban J connectivity index is 2.20. The molecule has 0 saturated carbocycles. The third kappa shape index (κ3) is 1.58. The van der Waals surface area contributed by atoms with Gasteiger partial charge in [-0.05, 0) is 6.42 Å². The van der Waals surface area contributed by atoms with E-state index >= 15 is 0 Å². The minimum Gasteiger partial charge on any atom is -0.406 e. The van der Waals surface area contributed by atoms with Gasteiger partial charge in [0, 0.05) is 13.1 Å². The Morgan fingerprint density at radius 3 is 2.60 bits per heavy atom. The van der Waals surface area contributed by atoms with E-state index in [4.69, 9.17) is 10.8 Å². The number of nitrogens with two attached hydrogens (primary N) is 1. The summed E-state index contributed by atoms with van der Waals surface area (Å²) in [5.41, 5.74) is 4.80. The van der Waals surface area contributed by atoms with Crippen LogP contribution in [0, 0.1) is 0 Å². The highest BCUT2D eigenvalue weighted by atomic mass is 16.7. The summed E-state index contributed by atoms with van der Waals surface area (Å²) in [6.07, 6.45) is -1.04. The zero-order valence-electron chi connectivity index (χ0n) is 5.49. The van der Waals surface area contributed by atoms with Crippen molar-refractivity contribution in [1.29, 1.82) is 0 Å². The fourth-order valence-corrected chi connectivity index (χ4v) is 0.677. The van der Waals surface area contributed by atoms with Crippen molar-refractivity contribution in [1.82, 2.24) is 4.90 Å². The van der Waals surface area contributed by atoms with Crippen LogP contribution in [0.2, 0.25) is 0 Å². The number of likely N-dealkylation sites (tertiary alicyclic amines) is 1. The summed E-state index contributed by atoms with van der Waals surface area (Å²) >= 11 is 0. The Hall–Kier alpha value is -0.810. The summed E-state index contributed by atoms with van der Waals surface area (Å²) in [5.74, 6) is 0. The number of aliphatic hydroxyl groups is 1. The Morgan fingerprint density at radius 1 is 1.70 bits per heavy atom. The largest absolute Gasteiger partial charge is 0.413 e. The van der Waals surface area contributed by atoms with Gasteiger partial charge in [-0.2, -0.15) is 0 Å². The smallest absolute Gasteiger partial charge is 0.406 e. The van der Waals surface area contributed by atoms with Crippen molar-refractivity contribution in [2.45, 2.75) is 12.8 Å². The van der Waals surface area contributed by atoms with Crippen LogP contribution >= 0.6 is 0 Å². The molecule has 10 heavy (non-hydrogen) atoms. The quantitative estimate of drug-likeness (QED) is 0.468. The van der Waals surface area contributed by atoms with Gasteiger partial charge in [0.25, 0.3) is 6.41 Å². The molecule has 0 spiro atoms. The van der Waals surface area contributed by atoms with Crippen molar-refractivity contribution in [2.24, 2.45) is 5.73 Å². The first-order valence-corrected chi connectivity index (χ1v) is 3.09. The van der Waals surface area contributed by atoms with E-state index < -0.39 is 12.5 Å². The number of amides is 1. The summed E-state index contributed by atoms with van der Waals surface area (Å²) in [5, 5.41) is 8.40. The molecule has 1 saturated heterocycles. The van der Waals surface area contributed by atoms with Gasteiger partial charge in [0.15, 0.2) is 0 Å². The minimum absolute atomic E-state index is 0.541. The van der Waals surface area contributed by atoms with E-state index in [1.54, 1.807) is 0 Å². The monoisotopic (exact) mass is 146 g/mol. The van der Waals surface area contributed by atoms with Crippen LogP contribution in [0.4, 0.5) is 4.79 Å². The van der Waals surface area contributed by atoms with Gasteiger partial charge in [-0.25, -0.2) is 4.79 Å². The summed E-state index contributed by atoms with van der Waals surface area (Å²) in [6, 6.07) is 0. The first kappa shape index (κ1) is 7.30. The summed E-state index contributed by atoms with van der Waals surface area (Å²) in [4.78, 5) is 12.2. The predicted octanol–water partition coefficient (Wildman–Crippen LogP) is -0.937. The molecule has 1 fully saturated rings. The van der Waals surface area contributed by atoms with Crippen molar-refractivity contribution >= 4 is 6.09 Å². The van der Waals surface area contributed by atoms with Gasteiger partial charge in [0.2, 0.25) is 0 Å². The maximum Gasteiger partial charge on any atom is 0.413 e. The molecule has 0 aromatic heterocycles. The highest BCUT2D eigenvalue weighted by molar-refractivity contribution is 5.68. The van der Waals surface area contributed by atoms with Crippen molar-refractivity contribution in [2.75, 3.05) is 13.1 Å². The van der Waals surface area contributed by atoms with Crippen molar-refractivity contribution in [3.8, 4) is 0 Å². The van der Waals surface area contributed by atoms with Gasteiger partial charge in [-0.1, -0.05) is 0 Å². The molecule has 1 atom stereocenters. The molecule has 0 aromatic rings. The van der Waals surface area contributed by atoms with Crippen LogP contribution in [-0.4, -0.2) is 35.6 Å². The van der Waals surface area contributed by atoms with E-state index in [2.05, 4.69) is 4.74 Å². The molecule has 5 nitrogen and oxygen atoms in total. The maximum absolute atomic E-state index is 10.7. The van der Waals surface area contributed by atoms with Crippen molar-refractivity contribution in [3.63, 3.8) is 0 Å². The highest BCUT2D eigenvalue weighted by Crippen LogP contribution is 2.07. The molecular weight excluding hydrogens is 136 g/mol. The SMILES string of the molecule is NC(O)OC(=O)N1CCC1. The first-order chi connectivity index (χ1) is 4.70. The molecule has 1 aliphatic heterocycles. The average Bonchev–Trinajstić information content (AvgIpc) is 1.55. The molecule has 0 aromatic carbocycles. The second-order valence-electron chi connectivity index (χ2n) is 2.11. The number of hydrogen-bond donors (Lipinski definition) is 2. The molecule has 3 N–H and O–H groups in total.